The number of carbonyl (C=O) groups excluding carboxylic acids is 3. The van der Waals surface area contributed by atoms with E-state index in [4.69, 9.17) is 53.8 Å². The van der Waals surface area contributed by atoms with Crippen molar-refractivity contribution in [2.24, 2.45) is 0 Å². The highest BCUT2D eigenvalue weighted by Gasteiger charge is 2.15. The fraction of sp³-hybridized carbons (Fsp3) is 0.211. The van der Waals surface area contributed by atoms with Gasteiger partial charge < -0.3 is 24.3 Å². The van der Waals surface area contributed by atoms with E-state index in [1.54, 1.807) is 18.2 Å². The molecule has 0 radical (unpaired) electrons. The second-order valence-corrected chi connectivity index (χ2v) is 7.23. The smallest absolute Gasteiger partial charge is 0.344 e. The van der Waals surface area contributed by atoms with E-state index in [2.05, 4.69) is 5.32 Å². The number of urea groups is 1. The topological polar surface area (TPSA) is 112 Å². The van der Waals surface area contributed by atoms with Gasteiger partial charge in [0, 0.05) is 17.8 Å². The van der Waals surface area contributed by atoms with E-state index in [1.165, 1.54) is 12.1 Å². The lowest BCUT2D eigenvalue weighted by molar-refractivity contribution is -0.150. The molecule has 2 aromatic rings. The molecule has 2 aromatic carbocycles. The second kappa shape index (κ2) is 10.4. The molecule has 2 N–H and O–H groups in total. The van der Waals surface area contributed by atoms with Crippen LogP contribution in [0.2, 0.25) is 15.1 Å². The SMILES string of the molecule is O=C(COC(=O)COc1cc(Cl)c(Cl)cc1Cl)NC(=O)Nc1ccc2c(c1)OCCO2. The van der Waals surface area contributed by atoms with Crippen LogP contribution < -0.4 is 24.8 Å². The molecule has 0 fully saturated rings. The minimum absolute atomic E-state index is 0.122. The number of ether oxygens (including phenoxy) is 4. The van der Waals surface area contributed by atoms with Crippen LogP contribution in [0.15, 0.2) is 30.3 Å². The van der Waals surface area contributed by atoms with Gasteiger partial charge in [0.2, 0.25) is 0 Å². The molecular weight excluding hydrogens is 475 g/mol. The summed E-state index contributed by atoms with van der Waals surface area (Å²) in [5.74, 6) is -0.535. The molecule has 0 aromatic heterocycles. The Morgan fingerprint density at radius 2 is 1.61 bits per heavy atom. The highest BCUT2D eigenvalue weighted by atomic mass is 35.5. The predicted molar refractivity (Wildman–Crippen MR) is 113 cm³/mol. The van der Waals surface area contributed by atoms with Gasteiger partial charge in [0.15, 0.2) is 24.7 Å². The van der Waals surface area contributed by atoms with E-state index in [0.717, 1.165) is 0 Å². The summed E-state index contributed by atoms with van der Waals surface area (Å²) in [4.78, 5) is 35.5. The van der Waals surface area contributed by atoms with Crippen LogP contribution in [0.25, 0.3) is 0 Å². The maximum absolute atomic E-state index is 11.9. The lowest BCUT2D eigenvalue weighted by atomic mass is 10.2. The molecule has 0 saturated carbocycles. The Morgan fingerprint density at radius 1 is 0.903 bits per heavy atom. The minimum atomic E-state index is -0.857. The summed E-state index contributed by atoms with van der Waals surface area (Å²) < 4.78 is 20.7. The monoisotopic (exact) mass is 488 g/mol. The van der Waals surface area contributed by atoms with Crippen LogP contribution in [-0.2, 0) is 14.3 Å². The van der Waals surface area contributed by atoms with Gasteiger partial charge in [-0.15, -0.1) is 0 Å². The third kappa shape index (κ3) is 6.55. The summed E-state index contributed by atoms with van der Waals surface area (Å²) in [5, 5.41) is 5.06. The standard InChI is InChI=1S/C19H15Cl3N2O7/c20-11-6-13(22)15(7-12(11)21)30-9-18(26)31-8-17(25)24-19(27)23-10-1-2-14-16(5-10)29-4-3-28-14/h1-2,5-7H,3-4,8-9H2,(H2,23,24,25,27). The lowest BCUT2D eigenvalue weighted by Gasteiger charge is -2.19. The van der Waals surface area contributed by atoms with Crippen molar-refractivity contribution in [1.29, 1.82) is 0 Å². The van der Waals surface area contributed by atoms with E-state index < -0.39 is 31.1 Å². The van der Waals surface area contributed by atoms with Gasteiger partial charge in [0.1, 0.15) is 19.0 Å². The largest absolute Gasteiger partial charge is 0.486 e. The number of anilines is 1. The molecule has 0 saturated heterocycles. The van der Waals surface area contributed by atoms with E-state index in [9.17, 15) is 14.4 Å². The number of hydrogen-bond acceptors (Lipinski definition) is 7. The third-order valence-corrected chi connectivity index (χ3v) is 4.76. The van der Waals surface area contributed by atoms with Crippen molar-refractivity contribution in [3.8, 4) is 17.2 Å². The van der Waals surface area contributed by atoms with Crippen molar-refractivity contribution in [3.05, 3.63) is 45.4 Å². The molecule has 9 nitrogen and oxygen atoms in total. The summed E-state index contributed by atoms with van der Waals surface area (Å²) in [6.45, 7) is -0.382. The number of esters is 1. The molecule has 0 atom stereocenters. The number of halogens is 3. The zero-order chi connectivity index (χ0) is 22.4. The van der Waals surface area contributed by atoms with Gasteiger partial charge >= 0.3 is 12.0 Å². The van der Waals surface area contributed by atoms with Gasteiger partial charge in [-0.3, -0.25) is 10.1 Å². The summed E-state index contributed by atoms with van der Waals surface area (Å²) >= 11 is 17.6. The third-order valence-electron chi connectivity index (χ3n) is 3.74. The van der Waals surface area contributed by atoms with Gasteiger partial charge in [-0.25, -0.2) is 9.59 Å². The van der Waals surface area contributed by atoms with Crippen LogP contribution in [0.5, 0.6) is 17.2 Å². The quantitative estimate of drug-likeness (QED) is 0.470. The molecule has 12 heteroatoms. The van der Waals surface area contributed by atoms with Crippen LogP contribution in [0.3, 0.4) is 0 Å². The lowest BCUT2D eigenvalue weighted by Crippen LogP contribution is -2.37. The Hall–Kier alpha value is -2.88. The number of carbonyl (C=O) groups is 3. The van der Waals surface area contributed by atoms with Gasteiger partial charge in [-0.1, -0.05) is 34.8 Å². The zero-order valence-corrected chi connectivity index (χ0v) is 18.0. The molecule has 31 heavy (non-hydrogen) atoms. The number of hydrogen-bond donors (Lipinski definition) is 2. The van der Waals surface area contributed by atoms with Crippen LogP contribution in [0.1, 0.15) is 0 Å². The number of amides is 3. The highest BCUT2D eigenvalue weighted by molar-refractivity contribution is 6.43. The first-order valence-corrected chi connectivity index (χ1v) is 9.88. The molecule has 3 rings (SSSR count). The molecule has 1 aliphatic rings. The minimum Gasteiger partial charge on any atom is -0.486 e. The van der Waals surface area contributed by atoms with Crippen molar-refractivity contribution < 1.29 is 33.3 Å². The Balaban J connectivity index is 1.40. The molecule has 0 bridgehead atoms. The number of fused-ring (bicyclic) bond motifs is 1. The average molecular weight is 490 g/mol. The molecule has 1 aliphatic heterocycles. The number of imide groups is 1. The number of rotatable bonds is 6. The summed E-state index contributed by atoms with van der Waals surface area (Å²) in [6.07, 6.45) is 0. The van der Waals surface area contributed by atoms with E-state index in [1.807, 2.05) is 5.32 Å². The predicted octanol–water partition coefficient (Wildman–Crippen LogP) is 3.69. The van der Waals surface area contributed by atoms with Gasteiger partial charge in [-0.05, 0) is 18.2 Å². The van der Waals surface area contributed by atoms with Crippen molar-refractivity contribution in [2.75, 3.05) is 31.7 Å². The van der Waals surface area contributed by atoms with Crippen molar-refractivity contribution >= 4 is 58.4 Å². The Bertz CT molecular complexity index is 1020. The fourth-order valence-corrected chi connectivity index (χ4v) is 2.98. The Kier molecular flexibility index (Phi) is 7.67. The van der Waals surface area contributed by atoms with E-state index >= 15 is 0 Å². The van der Waals surface area contributed by atoms with E-state index in [0.29, 0.717) is 30.4 Å². The summed E-state index contributed by atoms with van der Waals surface area (Å²) in [5.41, 5.74) is 0.387. The Labute approximate surface area is 191 Å². The maximum atomic E-state index is 11.9. The summed E-state index contributed by atoms with van der Waals surface area (Å²) in [7, 11) is 0. The maximum Gasteiger partial charge on any atom is 0.344 e. The van der Waals surface area contributed by atoms with Crippen molar-refractivity contribution in [1.82, 2.24) is 5.32 Å². The first kappa shape index (κ1) is 22.8. The first-order valence-electron chi connectivity index (χ1n) is 8.75. The van der Waals surface area contributed by atoms with Gasteiger partial charge in [-0.2, -0.15) is 0 Å². The molecule has 3 amide bonds. The average Bonchev–Trinajstić information content (AvgIpc) is 2.73. The second-order valence-electron chi connectivity index (χ2n) is 6.01. The van der Waals surface area contributed by atoms with Crippen molar-refractivity contribution in [3.63, 3.8) is 0 Å². The van der Waals surface area contributed by atoms with Crippen LogP contribution in [0, 0.1) is 0 Å². The fourth-order valence-electron chi connectivity index (χ4n) is 2.39. The molecule has 0 unspecified atom stereocenters. The Morgan fingerprint density at radius 3 is 2.39 bits per heavy atom. The highest BCUT2D eigenvalue weighted by Crippen LogP contribution is 2.34. The zero-order valence-electron chi connectivity index (χ0n) is 15.7. The van der Waals surface area contributed by atoms with Gasteiger partial charge in [0.25, 0.3) is 5.91 Å². The number of benzene rings is 2. The van der Waals surface area contributed by atoms with Gasteiger partial charge in [0.05, 0.1) is 15.1 Å². The first-order chi connectivity index (χ1) is 14.8. The van der Waals surface area contributed by atoms with Crippen molar-refractivity contribution in [2.45, 2.75) is 0 Å². The van der Waals surface area contributed by atoms with Crippen LogP contribution >= 0.6 is 34.8 Å². The summed E-state index contributed by atoms with van der Waals surface area (Å²) in [6, 6.07) is 6.67. The van der Waals surface area contributed by atoms with E-state index in [-0.39, 0.29) is 20.8 Å². The molecule has 164 valence electrons. The molecule has 0 aliphatic carbocycles. The molecule has 1 heterocycles. The normalized spacial score (nSPS) is 12.0. The molecule has 0 spiro atoms. The molecular formula is C19H15Cl3N2O7. The van der Waals surface area contributed by atoms with Crippen LogP contribution in [-0.4, -0.2) is 44.3 Å². The number of nitrogens with one attached hydrogen (secondary N) is 2. The van der Waals surface area contributed by atoms with Crippen LogP contribution in [0.4, 0.5) is 10.5 Å².